The quantitative estimate of drug-likeness (QED) is 0.784. The van der Waals surface area contributed by atoms with Crippen molar-refractivity contribution in [2.24, 2.45) is 5.73 Å². The van der Waals surface area contributed by atoms with Crippen LogP contribution in [-0.2, 0) is 6.54 Å². The van der Waals surface area contributed by atoms with Crippen molar-refractivity contribution in [3.8, 4) is 0 Å². The standard InChI is InChI=1S/C10H15ClN2/c1-7(2)13-10-5-8(6-12)3-4-9(10)11/h3-5,7,13H,6,12H2,1-2H3. The second-order valence-corrected chi connectivity index (χ2v) is 3.72. The van der Waals surface area contributed by atoms with Crippen molar-refractivity contribution in [2.45, 2.75) is 26.4 Å². The average molecular weight is 199 g/mol. The van der Waals surface area contributed by atoms with Crippen molar-refractivity contribution in [1.82, 2.24) is 0 Å². The van der Waals surface area contributed by atoms with E-state index in [-0.39, 0.29) is 0 Å². The fourth-order valence-corrected chi connectivity index (χ4v) is 1.29. The van der Waals surface area contributed by atoms with Gasteiger partial charge in [0.05, 0.1) is 10.7 Å². The molecular weight excluding hydrogens is 184 g/mol. The molecule has 2 nitrogen and oxygen atoms in total. The normalized spacial score (nSPS) is 10.5. The molecule has 0 saturated heterocycles. The first-order valence-corrected chi connectivity index (χ1v) is 4.76. The number of anilines is 1. The van der Waals surface area contributed by atoms with E-state index in [2.05, 4.69) is 19.2 Å². The summed E-state index contributed by atoms with van der Waals surface area (Å²) in [6.07, 6.45) is 0. The molecule has 13 heavy (non-hydrogen) atoms. The van der Waals surface area contributed by atoms with Gasteiger partial charge in [-0.2, -0.15) is 0 Å². The van der Waals surface area contributed by atoms with Gasteiger partial charge in [0, 0.05) is 12.6 Å². The molecule has 0 radical (unpaired) electrons. The molecule has 0 aliphatic heterocycles. The fraction of sp³-hybridized carbons (Fsp3) is 0.400. The summed E-state index contributed by atoms with van der Waals surface area (Å²) >= 11 is 5.99. The van der Waals surface area contributed by atoms with E-state index in [1.165, 1.54) is 0 Å². The second-order valence-electron chi connectivity index (χ2n) is 3.32. The Balaban J connectivity index is 2.90. The molecule has 72 valence electrons. The van der Waals surface area contributed by atoms with E-state index in [4.69, 9.17) is 17.3 Å². The highest BCUT2D eigenvalue weighted by Crippen LogP contribution is 2.23. The van der Waals surface area contributed by atoms with Gasteiger partial charge in [-0.3, -0.25) is 0 Å². The fourth-order valence-electron chi connectivity index (χ4n) is 1.12. The minimum absolute atomic E-state index is 0.380. The monoisotopic (exact) mass is 198 g/mol. The van der Waals surface area contributed by atoms with Crippen LogP contribution in [0.1, 0.15) is 19.4 Å². The summed E-state index contributed by atoms with van der Waals surface area (Å²) in [5.41, 5.74) is 7.58. The van der Waals surface area contributed by atoms with Gasteiger partial charge in [0.2, 0.25) is 0 Å². The average Bonchev–Trinajstić information content (AvgIpc) is 2.08. The predicted octanol–water partition coefficient (Wildman–Crippen LogP) is 2.62. The van der Waals surface area contributed by atoms with Gasteiger partial charge in [-0.1, -0.05) is 17.7 Å². The first kappa shape index (κ1) is 10.4. The van der Waals surface area contributed by atoms with Gasteiger partial charge in [0.1, 0.15) is 0 Å². The summed E-state index contributed by atoms with van der Waals surface area (Å²) in [6, 6.07) is 6.18. The Kier molecular flexibility index (Phi) is 3.58. The van der Waals surface area contributed by atoms with Gasteiger partial charge in [0.15, 0.2) is 0 Å². The van der Waals surface area contributed by atoms with E-state index >= 15 is 0 Å². The van der Waals surface area contributed by atoms with Crippen LogP contribution in [0.4, 0.5) is 5.69 Å². The summed E-state index contributed by atoms with van der Waals surface area (Å²) in [5, 5.41) is 4.00. The first-order chi connectivity index (χ1) is 6.13. The number of rotatable bonds is 3. The lowest BCUT2D eigenvalue weighted by Gasteiger charge is -2.12. The van der Waals surface area contributed by atoms with Gasteiger partial charge in [-0.05, 0) is 31.5 Å². The van der Waals surface area contributed by atoms with Crippen LogP contribution < -0.4 is 11.1 Å². The summed E-state index contributed by atoms with van der Waals surface area (Å²) in [5.74, 6) is 0. The van der Waals surface area contributed by atoms with Gasteiger partial charge in [-0.15, -0.1) is 0 Å². The molecule has 0 fully saturated rings. The van der Waals surface area contributed by atoms with E-state index in [0.29, 0.717) is 12.6 Å². The molecule has 0 bridgehead atoms. The van der Waals surface area contributed by atoms with Gasteiger partial charge in [-0.25, -0.2) is 0 Å². The summed E-state index contributed by atoms with van der Waals surface area (Å²) in [4.78, 5) is 0. The highest BCUT2D eigenvalue weighted by molar-refractivity contribution is 6.33. The van der Waals surface area contributed by atoms with Crippen molar-refractivity contribution in [1.29, 1.82) is 0 Å². The van der Waals surface area contributed by atoms with Crippen LogP contribution in [0, 0.1) is 0 Å². The summed E-state index contributed by atoms with van der Waals surface area (Å²) in [6.45, 7) is 4.70. The molecule has 1 aromatic rings. The Bertz CT molecular complexity index is 284. The second kappa shape index (κ2) is 4.49. The van der Waals surface area contributed by atoms with Crippen LogP contribution in [0.5, 0.6) is 0 Å². The topological polar surface area (TPSA) is 38.0 Å². The van der Waals surface area contributed by atoms with Crippen LogP contribution in [0.15, 0.2) is 18.2 Å². The highest BCUT2D eigenvalue weighted by atomic mass is 35.5. The predicted molar refractivity (Wildman–Crippen MR) is 58.1 cm³/mol. The van der Waals surface area contributed by atoms with E-state index in [1.54, 1.807) is 0 Å². The van der Waals surface area contributed by atoms with E-state index in [9.17, 15) is 0 Å². The molecule has 1 rings (SSSR count). The largest absolute Gasteiger partial charge is 0.382 e. The van der Waals surface area contributed by atoms with Gasteiger partial charge in [0.25, 0.3) is 0 Å². The lowest BCUT2D eigenvalue weighted by atomic mass is 10.2. The zero-order valence-corrected chi connectivity index (χ0v) is 8.73. The van der Waals surface area contributed by atoms with Crippen LogP contribution in [0.2, 0.25) is 5.02 Å². The Hall–Kier alpha value is -0.730. The van der Waals surface area contributed by atoms with Crippen molar-refractivity contribution in [3.63, 3.8) is 0 Å². The lowest BCUT2D eigenvalue weighted by Crippen LogP contribution is -2.10. The maximum atomic E-state index is 5.99. The molecule has 0 spiro atoms. The van der Waals surface area contributed by atoms with Gasteiger partial charge < -0.3 is 11.1 Å². The molecule has 0 amide bonds. The molecule has 0 unspecified atom stereocenters. The molecule has 0 aliphatic carbocycles. The molecule has 3 N–H and O–H groups in total. The zero-order chi connectivity index (χ0) is 9.84. The van der Waals surface area contributed by atoms with Crippen LogP contribution >= 0.6 is 11.6 Å². The molecule has 0 aromatic heterocycles. The number of benzene rings is 1. The third-order valence-corrected chi connectivity index (χ3v) is 2.04. The number of nitrogens with one attached hydrogen (secondary N) is 1. The summed E-state index contributed by atoms with van der Waals surface area (Å²) in [7, 11) is 0. The van der Waals surface area contributed by atoms with Crippen molar-refractivity contribution < 1.29 is 0 Å². The number of nitrogens with two attached hydrogens (primary N) is 1. The Labute approximate surface area is 84.1 Å². The summed E-state index contributed by atoms with van der Waals surface area (Å²) < 4.78 is 0. The van der Waals surface area contributed by atoms with Crippen molar-refractivity contribution in [2.75, 3.05) is 5.32 Å². The molecule has 3 heteroatoms. The van der Waals surface area contributed by atoms with E-state index in [1.807, 2.05) is 18.2 Å². The zero-order valence-electron chi connectivity index (χ0n) is 7.97. The van der Waals surface area contributed by atoms with Crippen molar-refractivity contribution >= 4 is 17.3 Å². The molecule has 0 aliphatic rings. The van der Waals surface area contributed by atoms with Crippen molar-refractivity contribution in [3.05, 3.63) is 28.8 Å². The molecular formula is C10H15ClN2. The van der Waals surface area contributed by atoms with E-state index < -0.39 is 0 Å². The molecule has 1 aromatic carbocycles. The molecule has 0 heterocycles. The first-order valence-electron chi connectivity index (χ1n) is 4.38. The van der Waals surface area contributed by atoms with E-state index in [0.717, 1.165) is 16.3 Å². The number of hydrogen-bond donors (Lipinski definition) is 2. The Morgan fingerprint density at radius 1 is 1.46 bits per heavy atom. The maximum absolute atomic E-state index is 5.99. The number of hydrogen-bond acceptors (Lipinski definition) is 2. The van der Waals surface area contributed by atoms with Crippen LogP contribution in [0.3, 0.4) is 0 Å². The smallest absolute Gasteiger partial charge is 0.0637 e. The van der Waals surface area contributed by atoms with Crippen LogP contribution in [-0.4, -0.2) is 6.04 Å². The van der Waals surface area contributed by atoms with Crippen LogP contribution in [0.25, 0.3) is 0 Å². The maximum Gasteiger partial charge on any atom is 0.0637 e. The Morgan fingerprint density at radius 3 is 2.69 bits per heavy atom. The number of halogens is 1. The van der Waals surface area contributed by atoms with Gasteiger partial charge >= 0.3 is 0 Å². The molecule has 0 saturated carbocycles. The third-order valence-electron chi connectivity index (χ3n) is 1.71. The highest BCUT2D eigenvalue weighted by Gasteiger charge is 2.01. The SMILES string of the molecule is CC(C)Nc1cc(CN)ccc1Cl. The minimum atomic E-state index is 0.380. The minimum Gasteiger partial charge on any atom is -0.382 e. The lowest BCUT2D eigenvalue weighted by molar-refractivity contribution is 0.898. The third kappa shape index (κ3) is 2.90. The molecule has 0 atom stereocenters. The Morgan fingerprint density at radius 2 is 2.15 bits per heavy atom.